The largest absolute Gasteiger partial charge is 0.436 e. The average Bonchev–Trinajstić information content (AvgIpc) is 2.75. The highest BCUT2D eigenvalue weighted by molar-refractivity contribution is 6.29. The smallest absolute Gasteiger partial charge is 0.256 e. The fourth-order valence-electron chi connectivity index (χ4n) is 4.32. The molecule has 0 fully saturated rings. The lowest BCUT2D eigenvalue weighted by molar-refractivity contribution is -0.117. The second-order valence-corrected chi connectivity index (χ2v) is 9.02. The zero-order chi connectivity index (χ0) is 24.3. The van der Waals surface area contributed by atoms with Crippen molar-refractivity contribution in [3.05, 3.63) is 62.8 Å². The van der Waals surface area contributed by atoms with Crippen molar-refractivity contribution in [1.29, 1.82) is 0 Å². The normalized spacial score (nSPS) is 13.1. The van der Waals surface area contributed by atoms with Crippen molar-refractivity contribution >= 4 is 23.1 Å². The molecule has 2 heterocycles. The van der Waals surface area contributed by atoms with Crippen LogP contribution in [0.3, 0.4) is 0 Å². The molecular formula is C26H31ClFN3O2. The van der Waals surface area contributed by atoms with Crippen LogP contribution in [-0.4, -0.2) is 22.4 Å². The summed E-state index contributed by atoms with van der Waals surface area (Å²) in [4.78, 5) is 21.3. The van der Waals surface area contributed by atoms with Crippen molar-refractivity contribution in [2.24, 2.45) is 5.92 Å². The van der Waals surface area contributed by atoms with Crippen LogP contribution in [0.5, 0.6) is 11.6 Å². The molecule has 1 aliphatic rings. The van der Waals surface area contributed by atoms with E-state index >= 15 is 4.39 Å². The molecule has 2 aromatic heterocycles. The number of pyridine rings is 2. The van der Waals surface area contributed by atoms with Gasteiger partial charge in [-0.05, 0) is 62.7 Å². The van der Waals surface area contributed by atoms with E-state index in [1.807, 2.05) is 41.5 Å². The maximum atomic E-state index is 16.0. The number of halogens is 2. The van der Waals surface area contributed by atoms with Crippen LogP contribution in [0.1, 0.15) is 64.7 Å². The van der Waals surface area contributed by atoms with E-state index in [-0.39, 0.29) is 22.9 Å². The molecule has 176 valence electrons. The SMILES string of the molecule is CCNC(=O)C(=C(C)C)C1=C(C(C)C)c2c(cnc(Oc3cc(Cl)ncc3CC)c2F)CC1. The number of likely N-dealkylation sites (N-methyl/N-ethyl adjacent to an activating group) is 1. The summed E-state index contributed by atoms with van der Waals surface area (Å²) < 4.78 is 21.9. The second kappa shape index (κ2) is 10.5. The Balaban J connectivity index is 2.19. The van der Waals surface area contributed by atoms with E-state index in [9.17, 15) is 4.79 Å². The minimum absolute atomic E-state index is 0.00542. The Bertz CT molecular complexity index is 1130. The molecule has 3 rings (SSSR count). The van der Waals surface area contributed by atoms with Crippen LogP contribution in [0.15, 0.2) is 35.2 Å². The van der Waals surface area contributed by atoms with Gasteiger partial charge in [-0.3, -0.25) is 4.79 Å². The number of carbonyl (C=O) groups is 1. The molecule has 0 aliphatic heterocycles. The fourth-order valence-corrected chi connectivity index (χ4v) is 4.47. The highest BCUT2D eigenvalue weighted by Crippen LogP contribution is 2.43. The third-order valence-corrected chi connectivity index (χ3v) is 5.95. The average molecular weight is 472 g/mol. The first-order valence-corrected chi connectivity index (χ1v) is 11.8. The van der Waals surface area contributed by atoms with Crippen molar-refractivity contribution in [3.63, 3.8) is 0 Å². The first-order chi connectivity index (χ1) is 15.7. The Kier molecular flexibility index (Phi) is 7.90. The summed E-state index contributed by atoms with van der Waals surface area (Å²) in [5.74, 6) is -0.329. The summed E-state index contributed by atoms with van der Waals surface area (Å²) >= 11 is 6.04. The van der Waals surface area contributed by atoms with Crippen LogP contribution in [-0.2, 0) is 17.6 Å². The number of hydrogen-bond acceptors (Lipinski definition) is 4. The van der Waals surface area contributed by atoms with Crippen molar-refractivity contribution in [2.45, 2.75) is 60.8 Å². The molecule has 7 heteroatoms. The Hall–Kier alpha value is -2.73. The van der Waals surface area contributed by atoms with Gasteiger partial charge in [0.1, 0.15) is 10.9 Å². The van der Waals surface area contributed by atoms with E-state index < -0.39 is 5.82 Å². The molecule has 0 atom stereocenters. The van der Waals surface area contributed by atoms with Crippen LogP contribution in [0.2, 0.25) is 5.15 Å². The third kappa shape index (κ3) is 5.11. The van der Waals surface area contributed by atoms with E-state index in [0.717, 1.165) is 27.8 Å². The maximum Gasteiger partial charge on any atom is 0.256 e. The molecule has 0 unspecified atom stereocenters. The van der Waals surface area contributed by atoms with Gasteiger partial charge in [0, 0.05) is 41.7 Å². The Morgan fingerprint density at radius 2 is 1.94 bits per heavy atom. The number of carbonyl (C=O) groups excluding carboxylic acids is 1. The number of fused-ring (bicyclic) bond motifs is 1. The van der Waals surface area contributed by atoms with E-state index in [1.165, 1.54) is 0 Å². The Morgan fingerprint density at radius 1 is 1.21 bits per heavy atom. The molecule has 2 aromatic rings. The van der Waals surface area contributed by atoms with Gasteiger partial charge in [-0.15, -0.1) is 0 Å². The molecule has 1 N–H and O–H groups in total. The molecule has 1 aliphatic carbocycles. The highest BCUT2D eigenvalue weighted by atomic mass is 35.5. The number of nitrogens with zero attached hydrogens (tertiary/aromatic N) is 2. The van der Waals surface area contributed by atoms with Gasteiger partial charge >= 0.3 is 0 Å². The number of aromatic nitrogens is 2. The highest BCUT2D eigenvalue weighted by Gasteiger charge is 2.31. The molecule has 0 radical (unpaired) electrons. The monoisotopic (exact) mass is 471 g/mol. The summed E-state index contributed by atoms with van der Waals surface area (Å²) in [5.41, 5.74) is 5.37. The minimum Gasteiger partial charge on any atom is -0.436 e. The van der Waals surface area contributed by atoms with E-state index in [4.69, 9.17) is 16.3 Å². The summed E-state index contributed by atoms with van der Waals surface area (Å²) in [6, 6.07) is 1.57. The van der Waals surface area contributed by atoms with Gasteiger partial charge in [0.05, 0.1) is 0 Å². The summed E-state index contributed by atoms with van der Waals surface area (Å²) in [6.45, 7) is 12.2. The zero-order valence-electron chi connectivity index (χ0n) is 20.1. The third-order valence-electron chi connectivity index (χ3n) is 5.75. The van der Waals surface area contributed by atoms with Gasteiger partial charge in [-0.25, -0.2) is 14.4 Å². The standard InChI is InChI=1S/C26H31ClFN3O2/c1-7-16-12-30-20(27)11-19(16)33-26-24(28)23-17(13-31-26)9-10-18(21(23)14(3)4)22(15(5)6)25(32)29-8-2/h11-14H,7-10H2,1-6H3,(H,29,32). The van der Waals surface area contributed by atoms with E-state index in [1.54, 1.807) is 18.5 Å². The minimum atomic E-state index is -0.521. The lowest BCUT2D eigenvalue weighted by atomic mass is 9.77. The summed E-state index contributed by atoms with van der Waals surface area (Å²) in [5, 5.41) is 3.17. The van der Waals surface area contributed by atoms with Crippen molar-refractivity contribution in [1.82, 2.24) is 15.3 Å². The molecule has 33 heavy (non-hydrogen) atoms. The van der Waals surface area contributed by atoms with Crippen LogP contribution in [0.4, 0.5) is 4.39 Å². The molecule has 0 saturated carbocycles. The number of ether oxygens (including phenoxy) is 1. The van der Waals surface area contributed by atoms with E-state index in [0.29, 0.717) is 42.7 Å². The summed E-state index contributed by atoms with van der Waals surface area (Å²) in [7, 11) is 0. The van der Waals surface area contributed by atoms with Crippen LogP contribution in [0, 0.1) is 11.7 Å². The van der Waals surface area contributed by atoms with Gasteiger partial charge in [0.2, 0.25) is 0 Å². The topological polar surface area (TPSA) is 64.1 Å². The first-order valence-electron chi connectivity index (χ1n) is 11.4. The zero-order valence-corrected chi connectivity index (χ0v) is 20.9. The van der Waals surface area contributed by atoms with Crippen LogP contribution >= 0.6 is 11.6 Å². The number of hydrogen-bond donors (Lipinski definition) is 1. The molecule has 0 aromatic carbocycles. The molecule has 0 saturated heterocycles. The maximum absolute atomic E-state index is 16.0. The second-order valence-electron chi connectivity index (χ2n) is 8.63. The Labute approximate surface area is 200 Å². The lowest BCUT2D eigenvalue weighted by Gasteiger charge is -2.28. The van der Waals surface area contributed by atoms with Crippen molar-refractivity contribution < 1.29 is 13.9 Å². The van der Waals surface area contributed by atoms with Gasteiger partial charge in [-0.1, -0.05) is 37.9 Å². The van der Waals surface area contributed by atoms with Gasteiger partial charge in [0.25, 0.3) is 11.8 Å². The van der Waals surface area contributed by atoms with Crippen molar-refractivity contribution in [2.75, 3.05) is 6.54 Å². The molecular weight excluding hydrogens is 441 g/mol. The molecule has 0 spiro atoms. The van der Waals surface area contributed by atoms with Gasteiger partial charge < -0.3 is 10.1 Å². The summed E-state index contributed by atoms with van der Waals surface area (Å²) in [6.07, 6.45) is 5.21. The molecule has 1 amide bonds. The number of allylic oxidation sites excluding steroid dienone is 2. The Morgan fingerprint density at radius 3 is 2.55 bits per heavy atom. The van der Waals surface area contributed by atoms with Crippen molar-refractivity contribution in [3.8, 4) is 11.6 Å². The number of rotatable bonds is 7. The molecule has 0 bridgehead atoms. The predicted molar refractivity (Wildman–Crippen MR) is 130 cm³/mol. The number of amides is 1. The lowest BCUT2D eigenvalue weighted by Crippen LogP contribution is -2.28. The van der Waals surface area contributed by atoms with Crippen LogP contribution in [0.25, 0.3) is 5.57 Å². The van der Waals surface area contributed by atoms with Gasteiger partial charge in [0.15, 0.2) is 5.82 Å². The molecule has 5 nitrogen and oxygen atoms in total. The number of nitrogens with one attached hydrogen (secondary N) is 1. The first kappa shape index (κ1) is 24.9. The fraction of sp³-hybridized carbons (Fsp3) is 0.423. The quantitative estimate of drug-likeness (QED) is 0.372. The number of aryl methyl sites for hydroxylation is 2. The van der Waals surface area contributed by atoms with E-state index in [2.05, 4.69) is 15.3 Å². The van der Waals surface area contributed by atoms with Gasteiger partial charge in [-0.2, -0.15) is 0 Å². The van der Waals surface area contributed by atoms with Crippen LogP contribution < -0.4 is 10.1 Å². The predicted octanol–water partition coefficient (Wildman–Crippen LogP) is 6.45.